The van der Waals surface area contributed by atoms with Gasteiger partial charge in [-0.2, -0.15) is 0 Å². The standard InChI is InChI=1S/C44H38N4O7/c1-52-39-16-35-37(45-20-32-14-28-7-3-5-9-30(28)22-47(32)43(35)50)18-41(39)54-24-26-11-27(13-34(49)12-26)25-55-42-19-38-36(17-40(42)53-2)44(51)48-23-31-10-6-4-8-29(31)15-33(48)21-46-38/h3-13,16-21,32-33,49H,14-15,22-25H2,1-2H3/t32-,33?/m0/s1. The summed E-state index contributed by atoms with van der Waals surface area (Å²) in [4.78, 5) is 40.7. The molecule has 5 aromatic carbocycles. The summed E-state index contributed by atoms with van der Waals surface area (Å²) in [6.45, 7) is 1.21. The van der Waals surface area contributed by atoms with Crippen LogP contribution in [0.25, 0.3) is 0 Å². The fourth-order valence-corrected chi connectivity index (χ4v) is 7.88. The first-order valence-corrected chi connectivity index (χ1v) is 18.2. The van der Waals surface area contributed by atoms with Gasteiger partial charge in [0, 0.05) is 37.7 Å². The number of methoxy groups -OCH3 is 2. The van der Waals surface area contributed by atoms with Gasteiger partial charge in [-0.3, -0.25) is 19.6 Å². The molecule has 2 atom stereocenters. The number of aromatic hydroxyl groups is 1. The van der Waals surface area contributed by atoms with Gasteiger partial charge >= 0.3 is 0 Å². The highest BCUT2D eigenvalue weighted by Crippen LogP contribution is 2.41. The lowest BCUT2D eigenvalue weighted by molar-refractivity contribution is 0.0696. The zero-order chi connectivity index (χ0) is 37.6. The molecule has 0 spiro atoms. The topological polar surface area (TPSA) is 122 Å². The Morgan fingerprint density at radius 3 is 1.47 bits per heavy atom. The second kappa shape index (κ2) is 14.0. The molecular formula is C44H38N4O7. The summed E-state index contributed by atoms with van der Waals surface area (Å²) in [7, 11) is 3.06. The number of amides is 2. The van der Waals surface area contributed by atoms with Crippen molar-refractivity contribution in [1.82, 2.24) is 9.80 Å². The molecule has 4 aliphatic heterocycles. The first-order chi connectivity index (χ1) is 26.8. The van der Waals surface area contributed by atoms with Crippen molar-refractivity contribution in [2.75, 3.05) is 14.2 Å². The summed E-state index contributed by atoms with van der Waals surface area (Å²) in [5.41, 5.74) is 7.99. The molecule has 11 heteroatoms. The maximum Gasteiger partial charge on any atom is 0.257 e. The van der Waals surface area contributed by atoms with Crippen LogP contribution in [-0.4, -0.2) is 65.5 Å². The molecule has 2 amide bonds. The maximum atomic E-state index is 13.8. The van der Waals surface area contributed by atoms with Crippen LogP contribution >= 0.6 is 0 Å². The summed E-state index contributed by atoms with van der Waals surface area (Å²) in [6.07, 6.45) is 5.07. The molecule has 0 bridgehead atoms. The van der Waals surface area contributed by atoms with Gasteiger partial charge in [0.1, 0.15) is 19.0 Å². The van der Waals surface area contributed by atoms with Crippen LogP contribution in [0.2, 0.25) is 0 Å². The second-order valence-corrected chi connectivity index (χ2v) is 14.1. The predicted octanol–water partition coefficient (Wildman–Crippen LogP) is 7.13. The number of carbonyl (C=O) groups is 2. The minimum Gasteiger partial charge on any atom is -0.508 e. The van der Waals surface area contributed by atoms with Gasteiger partial charge in [0.2, 0.25) is 0 Å². The van der Waals surface area contributed by atoms with Crippen molar-refractivity contribution in [1.29, 1.82) is 0 Å². The van der Waals surface area contributed by atoms with Crippen LogP contribution in [0.15, 0.2) is 101 Å². The molecule has 0 aliphatic carbocycles. The quantitative estimate of drug-likeness (QED) is 0.180. The number of hydrogen-bond donors (Lipinski definition) is 1. The van der Waals surface area contributed by atoms with Crippen LogP contribution in [-0.2, 0) is 39.1 Å². The van der Waals surface area contributed by atoms with Crippen molar-refractivity contribution in [3.05, 3.63) is 136 Å². The predicted molar refractivity (Wildman–Crippen MR) is 207 cm³/mol. The van der Waals surface area contributed by atoms with Gasteiger partial charge in [0.05, 0.1) is 48.8 Å². The highest BCUT2D eigenvalue weighted by molar-refractivity contribution is 6.04. The zero-order valence-corrected chi connectivity index (χ0v) is 30.4. The molecule has 1 unspecified atom stereocenters. The van der Waals surface area contributed by atoms with Crippen molar-refractivity contribution in [3.8, 4) is 28.7 Å². The molecule has 5 aromatic rings. The molecule has 4 heterocycles. The normalized spacial score (nSPS) is 17.8. The van der Waals surface area contributed by atoms with Crippen molar-refractivity contribution < 1.29 is 33.6 Å². The average Bonchev–Trinajstić information content (AvgIpc) is 3.42. The Morgan fingerprint density at radius 2 is 1.04 bits per heavy atom. The lowest BCUT2D eigenvalue weighted by Crippen LogP contribution is -2.44. The number of aliphatic imine (C=N–C) groups is 2. The summed E-state index contributed by atoms with van der Waals surface area (Å²) >= 11 is 0. The Kier molecular flexibility index (Phi) is 8.69. The number of fused-ring (bicyclic) bond motifs is 6. The monoisotopic (exact) mass is 734 g/mol. The van der Waals surface area contributed by atoms with Crippen molar-refractivity contribution in [2.45, 2.75) is 51.2 Å². The van der Waals surface area contributed by atoms with Gasteiger partial charge < -0.3 is 33.9 Å². The summed E-state index contributed by atoms with van der Waals surface area (Å²) < 4.78 is 23.8. The van der Waals surface area contributed by atoms with E-state index >= 15 is 0 Å². The van der Waals surface area contributed by atoms with E-state index in [9.17, 15) is 14.7 Å². The van der Waals surface area contributed by atoms with Gasteiger partial charge in [0.25, 0.3) is 11.8 Å². The Balaban J connectivity index is 0.913. The van der Waals surface area contributed by atoms with Gasteiger partial charge in [0.15, 0.2) is 23.0 Å². The van der Waals surface area contributed by atoms with Crippen LogP contribution in [0.5, 0.6) is 28.7 Å². The fourth-order valence-electron chi connectivity index (χ4n) is 7.88. The molecule has 0 radical (unpaired) electrons. The van der Waals surface area contributed by atoms with E-state index in [2.05, 4.69) is 24.3 Å². The van der Waals surface area contributed by atoms with E-state index < -0.39 is 0 Å². The molecule has 0 saturated heterocycles. The molecule has 55 heavy (non-hydrogen) atoms. The lowest BCUT2D eigenvalue weighted by atomic mass is 9.94. The molecule has 276 valence electrons. The maximum absolute atomic E-state index is 13.8. The average molecular weight is 735 g/mol. The molecule has 0 aromatic heterocycles. The Labute approximate surface area is 318 Å². The number of benzene rings is 5. The summed E-state index contributed by atoms with van der Waals surface area (Å²) in [6, 6.07) is 28.0. The Hall–Kier alpha value is -6.62. The molecule has 9 rings (SSSR count). The van der Waals surface area contributed by atoms with E-state index in [0.29, 0.717) is 82.6 Å². The minimum atomic E-state index is -0.153. The van der Waals surface area contributed by atoms with E-state index in [1.807, 2.05) is 52.6 Å². The second-order valence-electron chi connectivity index (χ2n) is 14.1. The van der Waals surface area contributed by atoms with Crippen LogP contribution in [0, 0.1) is 0 Å². The van der Waals surface area contributed by atoms with E-state index in [1.54, 1.807) is 36.4 Å². The van der Waals surface area contributed by atoms with Crippen molar-refractivity contribution >= 4 is 35.6 Å². The van der Waals surface area contributed by atoms with Crippen molar-refractivity contribution in [2.24, 2.45) is 9.98 Å². The van der Waals surface area contributed by atoms with Crippen molar-refractivity contribution in [3.63, 3.8) is 0 Å². The SMILES string of the molecule is COc1cc2c(cc1OCc1cc(O)cc(COc3cc4c(cc3OC)C(=O)N3Cc5ccccc5C[C@H]3C=N4)c1)N=CC1Cc3ccccc3CN1C2=O. The zero-order valence-electron chi connectivity index (χ0n) is 30.4. The molecule has 0 saturated carbocycles. The number of rotatable bonds is 8. The van der Waals surface area contributed by atoms with Crippen LogP contribution in [0.3, 0.4) is 0 Å². The van der Waals surface area contributed by atoms with Gasteiger partial charge in [-0.1, -0.05) is 48.5 Å². The first kappa shape index (κ1) is 34.2. The number of phenols is 1. The van der Waals surface area contributed by atoms with Crippen LogP contribution in [0.1, 0.15) is 54.1 Å². The number of hydrogen-bond acceptors (Lipinski definition) is 9. The molecule has 11 nitrogen and oxygen atoms in total. The Morgan fingerprint density at radius 1 is 0.600 bits per heavy atom. The van der Waals surface area contributed by atoms with Crippen LogP contribution < -0.4 is 18.9 Å². The third kappa shape index (κ3) is 6.41. The Bertz CT molecular complexity index is 2260. The first-order valence-electron chi connectivity index (χ1n) is 18.2. The highest BCUT2D eigenvalue weighted by atomic mass is 16.5. The largest absolute Gasteiger partial charge is 0.508 e. The number of phenolic OH excluding ortho intramolecular Hbond substituents is 1. The fraction of sp³-hybridized carbons (Fsp3) is 0.227. The molecule has 0 fully saturated rings. The molecular weight excluding hydrogens is 697 g/mol. The van der Waals surface area contributed by atoms with Crippen LogP contribution in [0.4, 0.5) is 11.4 Å². The number of ether oxygens (including phenoxy) is 4. The van der Waals surface area contributed by atoms with Gasteiger partial charge in [-0.25, -0.2) is 0 Å². The smallest absolute Gasteiger partial charge is 0.257 e. The number of carbonyl (C=O) groups excluding carboxylic acids is 2. The molecule has 1 N–H and O–H groups in total. The third-order valence-electron chi connectivity index (χ3n) is 10.7. The van der Waals surface area contributed by atoms with E-state index in [4.69, 9.17) is 28.9 Å². The number of nitrogens with zero attached hydrogens (tertiary/aromatic N) is 4. The lowest BCUT2D eigenvalue weighted by Gasteiger charge is -2.34. The van der Waals surface area contributed by atoms with E-state index in [-0.39, 0.29) is 42.9 Å². The van der Waals surface area contributed by atoms with Gasteiger partial charge in [-0.15, -0.1) is 0 Å². The minimum absolute atomic E-state index is 0.0446. The molecule has 4 aliphatic rings. The van der Waals surface area contributed by atoms with E-state index in [1.165, 1.54) is 25.3 Å². The summed E-state index contributed by atoms with van der Waals surface area (Å²) in [5, 5.41) is 10.7. The van der Waals surface area contributed by atoms with Gasteiger partial charge in [-0.05, 0) is 76.6 Å². The highest BCUT2D eigenvalue weighted by Gasteiger charge is 2.35. The third-order valence-corrected chi connectivity index (χ3v) is 10.7. The summed E-state index contributed by atoms with van der Waals surface area (Å²) in [5.74, 6) is 1.46. The van der Waals surface area contributed by atoms with E-state index in [0.717, 1.165) is 11.1 Å².